The lowest BCUT2D eigenvalue weighted by molar-refractivity contribution is -0.119. The lowest BCUT2D eigenvalue weighted by atomic mass is 10.2. The summed E-state index contributed by atoms with van der Waals surface area (Å²) in [5.74, 6) is -0.0894. The van der Waals surface area contributed by atoms with E-state index in [9.17, 15) is 13.2 Å². The maximum Gasteiger partial charge on any atom is 0.264 e. The van der Waals surface area contributed by atoms with Crippen LogP contribution in [-0.2, 0) is 14.8 Å². The number of hydrogen-bond acceptors (Lipinski definition) is 5. The molecule has 1 N–H and O–H groups in total. The summed E-state index contributed by atoms with van der Waals surface area (Å²) >= 11 is 6.69. The van der Waals surface area contributed by atoms with Gasteiger partial charge < -0.3 is 4.74 Å². The first-order chi connectivity index (χ1) is 15.7. The fourth-order valence-electron chi connectivity index (χ4n) is 2.89. The number of hydrazone groups is 1. The van der Waals surface area contributed by atoms with E-state index in [2.05, 4.69) is 42.4 Å². The quantitative estimate of drug-likeness (QED) is 0.298. The minimum atomic E-state index is -4.06. The minimum Gasteiger partial charge on any atom is -0.496 e. The van der Waals surface area contributed by atoms with E-state index >= 15 is 0 Å². The van der Waals surface area contributed by atoms with Crippen LogP contribution < -0.4 is 14.5 Å². The third kappa shape index (κ3) is 6.43. The van der Waals surface area contributed by atoms with Crippen molar-refractivity contribution in [2.24, 2.45) is 5.10 Å². The number of hydrogen-bond donors (Lipinski definition) is 1. The molecule has 0 saturated heterocycles. The van der Waals surface area contributed by atoms with Crippen LogP contribution in [0.2, 0.25) is 0 Å². The molecule has 0 aliphatic rings. The number of carbonyl (C=O) groups excluding carboxylic acids is 1. The number of sulfonamides is 1. The highest BCUT2D eigenvalue weighted by atomic mass is 79.9. The summed E-state index contributed by atoms with van der Waals surface area (Å²) in [6, 6.07) is 18.7. The number of rotatable bonds is 8. The maximum atomic E-state index is 13.5. The van der Waals surface area contributed by atoms with Crippen LogP contribution in [0.1, 0.15) is 11.1 Å². The molecule has 10 heteroatoms. The Labute approximate surface area is 209 Å². The largest absolute Gasteiger partial charge is 0.496 e. The highest BCUT2D eigenvalue weighted by Crippen LogP contribution is 2.30. The average Bonchev–Trinajstić information content (AvgIpc) is 2.78. The van der Waals surface area contributed by atoms with E-state index in [-0.39, 0.29) is 4.90 Å². The molecule has 172 valence electrons. The molecule has 7 nitrogen and oxygen atoms in total. The van der Waals surface area contributed by atoms with Gasteiger partial charge in [-0.3, -0.25) is 9.10 Å². The Bertz CT molecular complexity index is 1280. The van der Waals surface area contributed by atoms with Gasteiger partial charge in [0.1, 0.15) is 12.3 Å². The number of benzene rings is 3. The molecular formula is C23H21Br2N3O4S. The number of halogens is 2. The number of nitrogens with one attached hydrogen (secondary N) is 1. The number of amides is 1. The van der Waals surface area contributed by atoms with Crippen molar-refractivity contribution in [1.82, 2.24) is 5.43 Å². The first-order valence-corrected chi connectivity index (χ1v) is 12.7. The zero-order chi connectivity index (χ0) is 24.0. The maximum absolute atomic E-state index is 13.5. The Morgan fingerprint density at radius 3 is 2.45 bits per heavy atom. The molecule has 3 aromatic rings. The molecule has 0 aromatic heterocycles. The van der Waals surface area contributed by atoms with Crippen molar-refractivity contribution in [3.8, 4) is 5.75 Å². The van der Waals surface area contributed by atoms with Crippen LogP contribution in [0.5, 0.6) is 5.75 Å². The van der Waals surface area contributed by atoms with Crippen LogP contribution in [0.4, 0.5) is 5.69 Å². The van der Waals surface area contributed by atoms with Crippen molar-refractivity contribution < 1.29 is 17.9 Å². The van der Waals surface area contributed by atoms with Gasteiger partial charge in [0.2, 0.25) is 0 Å². The molecule has 0 fully saturated rings. The summed E-state index contributed by atoms with van der Waals surface area (Å²) in [5, 5.41) is 3.94. The number of ether oxygens (including phenoxy) is 1. The van der Waals surface area contributed by atoms with E-state index in [4.69, 9.17) is 4.74 Å². The first-order valence-electron chi connectivity index (χ1n) is 9.71. The highest BCUT2D eigenvalue weighted by Gasteiger charge is 2.28. The number of nitrogens with zero attached hydrogens (tertiary/aromatic N) is 2. The summed E-state index contributed by atoms with van der Waals surface area (Å²) in [4.78, 5) is 12.6. The van der Waals surface area contributed by atoms with E-state index in [0.717, 1.165) is 19.9 Å². The second kappa shape index (κ2) is 11.0. The monoisotopic (exact) mass is 593 g/mol. The van der Waals surface area contributed by atoms with Crippen LogP contribution in [0, 0.1) is 6.92 Å². The summed E-state index contributed by atoms with van der Waals surface area (Å²) < 4.78 is 34.5. The Balaban J connectivity index is 1.87. The smallest absolute Gasteiger partial charge is 0.264 e. The Kier molecular flexibility index (Phi) is 8.28. The fraction of sp³-hybridized carbons (Fsp3) is 0.130. The standard InChI is InChI=1S/C23H21Br2N3O4S/c1-16-6-8-19(9-7-16)28(33(30,31)20-10-11-22(32-2)21(25)13-20)15-23(29)27-26-14-17-4-3-5-18(24)12-17/h3-14H,15H2,1-2H3,(H,27,29)/b26-14+. The van der Waals surface area contributed by atoms with Gasteiger partial charge in [0, 0.05) is 4.47 Å². The third-order valence-electron chi connectivity index (χ3n) is 4.57. The normalized spacial score (nSPS) is 11.4. The van der Waals surface area contributed by atoms with E-state index in [1.165, 1.54) is 25.5 Å². The molecule has 0 saturated carbocycles. The van der Waals surface area contributed by atoms with Crippen molar-refractivity contribution in [3.63, 3.8) is 0 Å². The Morgan fingerprint density at radius 2 is 1.82 bits per heavy atom. The zero-order valence-corrected chi connectivity index (χ0v) is 21.8. The summed E-state index contributed by atoms with van der Waals surface area (Å²) in [6.45, 7) is 1.44. The Hall–Kier alpha value is -2.69. The lowest BCUT2D eigenvalue weighted by Crippen LogP contribution is -2.39. The lowest BCUT2D eigenvalue weighted by Gasteiger charge is -2.24. The zero-order valence-electron chi connectivity index (χ0n) is 17.8. The van der Waals surface area contributed by atoms with E-state index in [0.29, 0.717) is 15.9 Å². The number of carbonyl (C=O) groups is 1. The van der Waals surface area contributed by atoms with E-state index in [1.54, 1.807) is 30.3 Å². The minimum absolute atomic E-state index is 0.0150. The second-order valence-corrected chi connectivity index (χ2v) is 10.6. The molecule has 0 aliphatic carbocycles. The van der Waals surface area contributed by atoms with Crippen molar-refractivity contribution in [1.29, 1.82) is 0 Å². The van der Waals surface area contributed by atoms with E-state index in [1.807, 2.05) is 31.2 Å². The predicted molar refractivity (Wildman–Crippen MR) is 136 cm³/mol. The van der Waals surface area contributed by atoms with Crippen molar-refractivity contribution in [2.75, 3.05) is 18.0 Å². The fourth-order valence-corrected chi connectivity index (χ4v) is 5.45. The summed E-state index contributed by atoms with van der Waals surface area (Å²) in [7, 11) is -2.57. The van der Waals surface area contributed by atoms with Gasteiger partial charge >= 0.3 is 0 Å². The van der Waals surface area contributed by atoms with Gasteiger partial charge in [-0.25, -0.2) is 13.8 Å². The molecule has 0 radical (unpaired) electrons. The van der Waals surface area contributed by atoms with Crippen LogP contribution in [0.25, 0.3) is 0 Å². The third-order valence-corrected chi connectivity index (χ3v) is 7.45. The summed E-state index contributed by atoms with van der Waals surface area (Å²) in [5.41, 5.74) is 4.49. The van der Waals surface area contributed by atoms with Crippen LogP contribution in [0.3, 0.4) is 0 Å². The molecule has 0 heterocycles. The highest BCUT2D eigenvalue weighted by molar-refractivity contribution is 9.10. The topological polar surface area (TPSA) is 88.1 Å². The summed E-state index contributed by atoms with van der Waals surface area (Å²) in [6.07, 6.45) is 1.48. The van der Waals surface area contributed by atoms with E-state index < -0.39 is 22.5 Å². The molecule has 3 rings (SSSR count). The first kappa shape index (κ1) is 24.9. The molecule has 0 aliphatic heterocycles. The van der Waals surface area contributed by atoms with Crippen LogP contribution in [-0.4, -0.2) is 34.2 Å². The molecule has 0 unspecified atom stereocenters. The van der Waals surface area contributed by atoms with Crippen molar-refractivity contribution in [2.45, 2.75) is 11.8 Å². The number of aryl methyl sites for hydroxylation is 1. The average molecular weight is 595 g/mol. The van der Waals surface area contributed by atoms with Gasteiger partial charge in [-0.2, -0.15) is 5.10 Å². The van der Waals surface area contributed by atoms with Gasteiger partial charge in [0.05, 0.1) is 28.4 Å². The molecule has 0 atom stereocenters. The van der Waals surface area contributed by atoms with Gasteiger partial charge in [-0.05, 0) is 70.9 Å². The van der Waals surface area contributed by atoms with Gasteiger partial charge in [0.25, 0.3) is 15.9 Å². The molecule has 0 spiro atoms. The van der Waals surface area contributed by atoms with Crippen LogP contribution >= 0.6 is 31.9 Å². The molecule has 3 aromatic carbocycles. The number of anilines is 1. The second-order valence-electron chi connectivity index (χ2n) is 6.99. The molecule has 0 bridgehead atoms. The molecule has 1 amide bonds. The van der Waals surface area contributed by atoms with Gasteiger partial charge in [-0.1, -0.05) is 45.8 Å². The molecule has 33 heavy (non-hydrogen) atoms. The van der Waals surface area contributed by atoms with Crippen LogP contribution in [0.15, 0.2) is 85.7 Å². The van der Waals surface area contributed by atoms with Gasteiger partial charge in [0.15, 0.2) is 0 Å². The predicted octanol–water partition coefficient (Wildman–Crippen LogP) is 4.87. The SMILES string of the molecule is COc1ccc(S(=O)(=O)N(CC(=O)N/N=C/c2cccc(Br)c2)c2ccc(C)cc2)cc1Br. The Morgan fingerprint density at radius 1 is 1.09 bits per heavy atom. The number of methoxy groups -OCH3 is 1. The van der Waals surface area contributed by atoms with Crippen molar-refractivity contribution >= 4 is 59.7 Å². The van der Waals surface area contributed by atoms with Crippen molar-refractivity contribution in [3.05, 3.63) is 86.8 Å². The molecular weight excluding hydrogens is 574 g/mol. The van der Waals surface area contributed by atoms with Gasteiger partial charge in [-0.15, -0.1) is 0 Å².